The van der Waals surface area contributed by atoms with Gasteiger partial charge in [0.1, 0.15) is 12.9 Å². The molecule has 0 radical (unpaired) electrons. The monoisotopic (exact) mass is 346 g/mol. The van der Waals surface area contributed by atoms with Crippen molar-refractivity contribution < 1.29 is 4.79 Å². The third-order valence-electron chi connectivity index (χ3n) is 4.98. The maximum atomic E-state index is 12.3. The number of halogens is 1. The first-order valence-electron chi connectivity index (χ1n) is 8.22. The molecule has 0 saturated carbocycles. The summed E-state index contributed by atoms with van der Waals surface area (Å²) in [4.78, 5) is 16.7. The molecule has 1 atom stereocenters. The van der Waals surface area contributed by atoms with Gasteiger partial charge in [0.2, 0.25) is 5.91 Å². The van der Waals surface area contributed by atoms with Crippen molar-refractivity contribution >= 4 is 17.5 Å². The summed E-state index contributed by atoms with van der Waals surface area (Å²) in [7, 11) is 0. The summed E-state index contributed by atoms with van der Waals surface area (Å²) in [5.74, 6) is 0.0665. The van der Waals surface area contributed by atoms with Crippen LogP contribution in [0.25, 0.3) is 0 Å². The Balaban J connectivity index is 1.37. The van der Waals surface area contributed by atoms with Gasteiger partial charge < -0.3 is 4.90 Å². The molecule has 1 aromatic heterocycles. The predicted octanol–water partition coefficient (Wildman–Crippen LogP) is 1.16. The molecule has 4 rings (SSSR count). The Morgan fingerprint density at radius 1 is 1.25 bits per heavy atom. The van der Waals surface area contributed by atoms with Crippen molar-refractivity contribution in [1.82, 2.24) is 30.0 Å². The number of benzene rings is 1. The van der Waals surface area contributed by atoms with Crippen LogP contribution in [0.2, 0.25) is 5.02 Å². The fourth-order valence-electron chi connectivity index (χ4n) is 3.74. The molecule has 1 unspecified atom stereocenters. The molecule has 8 heteroatoms. The summed E-state index contributed by atoms with van der Waals surface area (Å²) in [5, 5.41) is 11.7. The number of tetrazole rings is 1. The zero-order chi connectivity index (χ0) is 16.5. The quantitative estimate of drug-likeness (QED) is 0.834. The standard InChI is InChI=1S/C16H19ClN6O/c17-14-3-1-2-13-12(14)4-5-15(13)21-6-8-22(9-7-21)16(24)10-23-11-18-19-20-23/h1-3,11,15H,4-10H2. The van der Waals surface area contributed by atoms with Gasteiger partial charge in [0, 0.05) is 37.2 Å². The van der Waals surface area contributed by atoms with Crippen LogP contribution in [0.4, 0.5) is 0 Å². The van der Waals surface area contributed by atoms with E-state index in [0.29, 0.717) is 6.04 Å². The van der Waals surface area contributed by atoms with Gasteiger partial charge in [0.15, 0.2) is 0 Å². The van der Waals surface area contributed by atoms with Crippen molar-refractivity contribution in [3.63, 3.8) is 0 Å². The highest BCUT2D eigenvalue weighted by atomic mass is 35.5. The van der Waals surface area contributed by atoms with Crippen molar-refractivity contribution in [3.05, 3.63) is 40.7 Å². The minimum atomic E-state index is 0.0665. The van der Waals surface area contributed by atoms with Crippen LogP contribution < -0.4 is 0 Å². The van der Waals surface area contributed by atoms with E-state index < -0.39 is 0 Å². The van der Waals surface area contributed by atoms with Crippen LogP contribution in [0.15, 0.2) is 24.5 Å². The van der Waals surface area contributed by atoms with E-state index >= 15 is 0 Å². The van der Waals surface area contributed by atoms with Gasteiger partial charge in [-0.3, -0.25) is 9.69 Å². The first kappa shape index (κ1) is 15.5. The molecule has 1 fully saturated rings. The van der Waals surface area contributed by atoms with Gasteiger partial charge in [-0.25, -0.2) is 4.68 Å². The van der Waals surface area contributed by atoms with Crippen molar-refractivity contribution in [3.8, 4) is 0 Å². The molecule has 0 bridgehead atoms. The Hall–Kier alpha value is -1.99. The Kier molecular flexibility index (Phi) is 4.20. The van der Waals surface area contributed by atoms with Crippen LogP contribution >= 0.6 is 11.6 Å². The maximum Gasteiger partial charge on any atom is 0.244 e. The van der Waals surface area contributed by atoms with E-state index in [0.717, 1.165) is 44.0 Å². The molecular formula is C16H19ClN6O. The van der Waals surface area contributed by atoms with Crippen LogP contribution in [-0.2, 0) is 17.8 Å². The zero-order valence-electron chi connectivity index (χ0n) is 13.3. The second-order valence-electron chi connectivity index (χ2n) is 6.29. The highest BCUT2D eigenvalue weighted by Gasteiger charge is 2.32. The van der Waals surface area contributed by atoms with E-state index in [9.17, 15) is 4.79 Å². The van der Waals surface area contributed by atoms with Crippen LogP contribution in [-0.4, -0.2) is 62.1 Å². The van der Waals surface area contributed by atoms with Gasteiger partial charge in [0.25, 0.3) is 0 Å². The van der Waals surface area contributed by atoms with Crippen LogP contribution in [0.1, 0.15) is 23.6 Å². The molecule has 1 aromatic carbocycles. The Morgan fingerprint density at radius 2 is 2.08 bits per heavy atom. The number of hydrogen-bond donors (Lipinski definition) is 0. The molecule has 1 aliphatic heterocycles. The highest BCUT2D eigenvalue weighted by Crippen LogP contribution is 2.39. The van der Waals surface area contributed by atoms with Crippen molar-refractivity contribution in [2.45, 2.75) is 25.4 Å². The molecule has 0 N–H and O–H groups in total. The molecule has 7 nitrogen and oxygen atoms in total. The lowest BCUT2D eigenvalue weighted by atomic mass is 10.1. The van der Waals surface area contributed by atoms with Crippen LogP contribution in [0.5, 0.6) is 0 Å². The van der Waals surface area contributed by atoms with Crippen LogP contribution in [0.3, 0.4) is 0 Å². The average molecular weight is 347 g/mol. The van der Waals surface area contributed by atoms with E-state index in [2.05, 4.69) is 26.5 Å². The normalized spacial score (nSPS) is 21.0. The minimum Gasteiger partial charge on any atom is -0.339 e. The number of aromatic nitrogens is 4. The van der Waals surface area contributed by atoms with E-state index in [1.807, 2.05) is 17.0 Å². The predicted molar refractivity (Wildman–Crippen MR) is 88.5 cm³/mol. The van der Waals surface area contributed by atoms with Gasteiger partial charge in [-0.05, 0) is 40.5 Å². The number of carbonyl (C=O) groups excluding carboxylic acids is 1. The Bertz CT molecular complexity index is 726. The summed E-state index contributed by atoms with van der Waals surface area (Å²) >= 11 is 6.32. The van der Waals surface area contributed by atoms with E-state index in [1.165, 1.54) is 22.1 Å². The van der Waals surface area contributed by atoms with E-state index in [4.69, 9.17) is 11.6 Å². The first-order valence-corrected chi connectivity index (χ1v) is 8.60. The summed E-state index contributed by atoms with van der Waals surface area (Å²) in [6.45, 7) is 3.46. The molecule has 1 saturated heterocycles. The molecule has 0 spiro atoms. The SMILES string of the molecule is O=C(Cn1cnnn1)N1CCN(C2CCc3c(Cl)cccc32)CC1. The number of nitrogens with zero attached hydrogens (tertiary/aromatic N) is 6. The summed E-state index contributed by atoms with van der Waals surface area (Å²) in [5.41, 5.74) is 2.65. The summed E-state index contributed by atoms with van der Waals surface area (Å²) < 4.78 is 1.46. The topological polar surface area (TPSA) is 67.2 Å². The smallest absolute Gasteiger partial charge is 0.244 e. The zero-order valence-corrected chi connectivity index (χ0v) is 14.1. The molecule has 2 aliphatic rings. The van der Waals surface area contributed by atoms with Crippen molar-refractivity contribution in [1.29, 1.82) is 0 Å². The lowest BCUT2D eigenvalue weighted by Crippen LogP contribution is -2.50. The molecular weight excluding hydrogens is 328 g/mol. The van der Waals surface area contributed by atoms with Gasteiger partial charge in [-0.1, -0.05) is 23.7 Å². The van der Waals surface area contributed by atoms with Gasteiger partial charge in [0.05, 0.1) is 0 Å². The fourth-order valence-corrected chi connectivity index (χ4v) is 4.02. The highest BCUT2D eigenvalue weighted by molar-refractivity contribution is 6.31. The van der Waals surface area contributed by atoms with Crippen LogP contribution in [0, 0.1) is 0 Å². The van der Waals surface area contributed by atoms with Gasteiger partial charge in [-0.15, -0.1) is 5.10 Å². The van der Waals surface area contributed by atoms with Gasteiger partial charge >= 0.3 is 0 Å². The third kappa shape index (κ3) is 2.89. The third-order valence-corrected chi connectivity index (χ3v) is 5.33. The van der Waals surface area contributed by atoms with E-state index in [1.54, 1.807) is 0 Å². The average Bonchev–Trinajstić information content (AvgIpc) is 3.25. The number of carbonyl (C=O) groups is 1. The first-order chi connectivity index (χ1) is 11.7. The number of hydrogen-bond acceptors (Lipinski definition) is 5. The van der Waals surface area contributed by atoms with Gasteiger partial charge in [-0.2, -0.15) is 0 Å². The fraction of sp³-hybridized carbons (Fsp3) is 0.500. The number of fused-ring (bicyclic) bond motifs is 1. The maximum absolute atomic E-state index is 12.3. The minimum absolute atomic E-state index is 0.0665. The molecule has 2 aromatic rings. The number of amides is 1. The number of piperazine rings is 1. The largest absolute Gasteiger partial charge is 0.339 e. The number of rotatable bonds is 3. The van der Waals surface area contributed by atoms with Crippen molar-refractivity contribution in [2.75, 3.05) is 26.2 Å². The lowest BCUT2D eigenvalue weighted by Gasteiger charge is -2.38. The molecule has 2 heterocycles. The van der Waals surface area contributed by atoms with Crippen molar-refractivity contribution in [2.24, 2.45) is 0 Å². The molecule has 1 amide bonds. The molecule has 126 valence electrons. The second kappa shape index (κ2) is 6.49. The second-order valence-corrected chi connectivity index (χ2v) is 6.69. The summed E-state index contributed by atoms with van der Waals surface area (Å²) in [6, 6.07) is 6.62. The molecule has 24 heavy (non-hydrogen) atoms. The summed E-state index contributed by atoms with van der Waals surface area (Å²) in [6.07, 6.45) is 3.61. The Labute approximate surface area is 145 Å². The van der Waals surface area contributed by atoms with E-state index in [-0.39, 0.29) is 12.5 Å². The lowest BCUT2D eigenvalue weighted by molar-refractivity contribution is -0.134. The molecule has 1 aliphatic carbocycles. The Morgan fingerprint density at radius 3 is 2.83 bits per heavy atom.